The highest BCUT2D eigenvalue weighted by atomic mass is 28.4. The fourth-order valence-corrected chi connectivity index (χ4v) is 4.56. The van der Waals surface area contributed by atoms with E-state index in [2.05, 4.69) is 0 Å². The summed E-state index contributed by atoms with van der Waals surface area (Å²) in [6.07, 6.45) is -4.90. The van der Waals surface area contributed by atoms with Gasteiger partial charge in [-0.25, -0.2) is 0 Å². The Balaban J connectivity index is 2.44. The quantitative estimate of drug-likeness (QED) is 0.620. The van der Waals surface area contributed by atoms with Gasteiger partial charge in [0, 0.05) is 6.42 Å². The van der Waals surface area contributed by atoms with Crippen LogP contribution in [0.4, 0.5) is 13.2 Å². The molecule has 1 rings (SSSR count). The van der Waals surface area contributed by atoms with E-state index in [-0.39, 0.29) is 5.54 Å². The van der Waals surface area contributed by atoms with Crippen LogP contribution in [0.5, 0.6) is 0 Å². The molecule has 1 aliphatic heterocycles. The van der Waals surface area contributed by atoms with Gasteiger partial charge in [-0.15, -0.1) is 0 Å². The van der Waals surface area contributed by atoms with Crippen molar-refractivity contribution in [3.8, 4) is 0 Å². The Hall–Kier alpha value is -0.0331. The van der Waals surface area contributed by atoms with Gasteiger partial charge in [0.1, 0.15) is 0 Å². The van der Waals surface area contributed by atoms with Crippen molar-refractivity contribution in [3.63, 3.8) is 0 Å². The average Bonchev–Trinajstić information content (AvgIpc) is 2.14. The standard InChI is InChI=1S/C6H11F3OSi/c1-4-5(11(4,2)10)3-6(7,8)9/h4-5,10H,3H2,1-2H3/t4-,5?,11?/m0/s1. The summed E-state index contributed by atoms with van der Waals surface area (Å²) < 4.78 is 35.3. The highest BCUT2D eigenvalue weighted by Crippen LogP contribution is 2.61. The van der Waals surface area contributed by atoms with Crippen molar-refractivity contribution in [2.45, 2.75) is 37.2 Å². The van der Waals surface area contributed by atoms with Gasteiger partial charge >= 0.3 is 6.18 Å². The molecule has 0 amide bonds. The lowest BCUT2D eigenvalue weighted by atomic mass is 10.2. The fourth-order valence-electron chi connectivity index (χ4n) is 1.45. The second kappa shape index (κ2) is 2.23. The molecule has 1 N–H and O–H groups in total. The van der Waals surface area contributed by atoms with Crippen LogP contribution in [-0.2, 0) is 0 Å². The number of halogens is 3. The molecule has 1 saturated heterocycles. The fraction of sp³-hybridized carbons (Fsp3) is 1.00. The van der Waals surface area contributed by atoms with Crippen molar-refractivity contribution in [1.82, 2.24) is 0 Å². The summed E-state index contributed by atoms with van der Waals surface area (Å²) in [5.41, 5.74) is -0.536. The van der Waals surface area contributed by atoms with E-state index in [9.17, 15) is 18.0 Å². The maximum Gasteiger partial charge on any atom is 0.389 e. The van der Waals surface area contributed by atoms with Gasteiger partial charge in [-0.2, -0.15) is 13.2 Å². The van der Waals surface area contributed by atoms with Crippen molar-refractivity contribution in [1.29, 1.82) is 0 Å². The SMILES string of the molecule is C[C@H]1C(CC(F)(F)F)[Si]1(C)O. The van der Waals surface area contributed by atoms with E-state index in [1.807, 2.05) is 0 Å². The predicted molar refractivity (Wildman–Crippen MR) is 37.7 cm³/mol. The van der Waals surface area contributed by atoms with Crippen molar-refractivity contribution >= 4 is 8.32 Å². The molecule has 0 bridgehead atoms. The van der Waals surface area contributed by atoms with Crippen LogP contribution in [0.3, 0.4) is 0 Å². The molecule has 0 aromatic heterocycles. The zero-order chi connectivity index (χ0) is 8.86. The topological polar surface area (TPSA) is 20.2 Å². The molecule has 0 aliphatic carbocycles. The summed E-state index contributed by atoms with van der Waals surface area (Å²) in [7, 11) is -2.42. The van der Waals surface area contributed by atoms with Crippen molar-refractivity contribution < 1.29 is 18.0 Å². The van der Waals surface area contributed by atoms with Crippen molar-refractivity contribution in [3.05, 3.63) is 0 Å². The molecule has 0 aromatic carbocycles. The van der Waals surface area contributed by atoms with Crippen LogP contribution in [0.15, 0.2) is 0 Å². The molecular formula is C6H11F3OSi. The first-order chi connectivity index (χ1) is 4.75. The smallest absolute Gasteiger partial charge is 0.389 e. The van der Waals surface area contributed by atoms with E-state index in [1.165, 1.54) is 0 Å². The lowest BCUT2D eigenvalue weighted by Crippen LogP contribution is -2.14. The molecule has 1 nitrogen and oxygen atoms in total. The Morgan fingerprint density at radius 3 is 1.91 bits per heavy atom. The molecule has 3 atom stereocenters. The molecule has 1 fully saturated rings. The molecule has 0 spiro atoms. The van der Waals surface area contributed by atoms with Gasteiger partial charge in [0.15, 0.2) is 8.32 Å². The molecule has 2 unspecified atom stereocenters. The van der Waals surface area contributed by atoms with Crippen LogP contribution < -0.4 is 0 Å². The Kier molecular flexibility index (Phi) is 1.83. The molecule has 11 heavy (non-hydrogen) atoms. The molecule has 1 heterocycles. The van der Waals surface area contributed by atoms with Crippen LogP contribution in [0, 0.1) is 0 Å². The van der Waals surface area contributed by atoms with E-state index < -0.39 is 26.5 Å². The normalized spacial score (nSPS) is 44.2. The minimum atomic E-state index is -4.10. The van der Waals surface area contributed by atoms with E-state index in [4.69, 9.17) is 0 Å². The Morgan fingerprint density at radius 1 is 1.45 bits per heavy atom. The molecule has 5 heteroatoms. The number of hydrogen-bond acceptors (Lipinski definition) is 1. The zero-order valence-electron chi connectivity index (χ0n) is 6.44. The van der Waals surface area contributed by atoms with Gasteiger partial charge in [0.25, 0.3) is 0 Å². The third-order valence-corrected chi connectivity index (χ3v) is 6.69. The molecule has 0 saturated carbocycles. The summed E-state index contributed by atoms with van der Waals surface area (Å²) in [6.45, 7) is 3.29. The minimum absolute atomic E-state index is 0.0795. The first-order valence-electron chi connectivity index (χ1n) is 3.54. The Morgan fingerprint density at radius 2 is 1.82 bits per heavy atom. The van der Waals surface area contributed by atoms with Crippen LogP contribution in [-0.4, -0.2) is 19.3 Å². The maximum atomic E-state index is 11.8. The second-order valence-electron chi connectivity index (χ2n) is 3.44. The number of rotatable bonds is 1. The monoisotopic (exact) mass is 184 g/mol. The van der Waals surface area contributed by atoms with Gasteiger partial charge in [-0.3, -0.25) is 0 Å². The van der Waals surface area contributed by atoms with Gasteiger partial charge in [-0.05, 0) is 17.6 Å². The minimum Gasteiger partial charge on any atom is -0.431 e. The van der Waals surface area contributed by atoms with Crippen molar-refractivity contribution in [2.75, 3.05) is 0 Å². The van der Waals surface area contributed by atoms with Gasteiger partial charge in [0.2, 0.25) is 0 Å². The van der Waals surface area contributed by atoms with Crippen LogP contribution in [0.2, 0.25) is 17.6 Å². The van der Waals surface area contributed by atoms with E-state index in [1.54, 1.807) is 13.5 Å². The summed E-state index contributed by atoms with van der Waals surface area (Å²) in [6, 6.07) is 0. The highest BCUT2D eigenvalue weighted by molar-refractivity contribution is 6.85. The van der Waals surface area contributed by atoms with Crippen LogP contribution in [0.25, 0.3) is 0 Å². The summed E-state index contributed by atoms with van der Waals surface area (Å²) in [4.78, 5) is 9.36. The molecular weight excluding hydrogens is 173 g/mol. The first kappa shape index (κ1) is 9.06. The van der Waals surface area contributed by atoms with Crippen LogP contribution in [0.1, 0.15) is 13.3 Å². The van der Waals surface area contributed by atoms with E-state index >= 15 is 0 Å². The third kappa shape index (κ3) is 1.76. The lowest BCUT2D eigenvalue weighted by Gasteiger charge is -2.04. The lowest BCUT2D eigenvalue weighted by molar-refractivity contribution is -0.133. The molecule has 1 aliphatic rings. The molecule has 0 aromatic rings. The largest absolute Gasteiger partial charge is 0.431 e. The van der Waals surface area contributed by atoms with E-state index in [0.29, 0.717) is 0 Å². The molecule has 66 valence electrons. The number of alkyl halides is 3. The summed E-state index contributed by atoms with van der Waals surface area (Å²) in [5.74, 6) is 0. The second-order valence-corrected chi connectivity index (χ2v) is 7.54. The third-order valence-electron chi connectivity index (χ3n) is 2.62. The highest BCUT2D eigenvalue weighted by Gasteiger charge is 2.63. The first-order valence-corrected chi connectivity index (χ1v) is 6.14. The predicted octanol–water partition coefficient (Wildman–Crippen LogP) is 2.28. The van der Waals surface area contributed by atoms with Crippen LogP contribution >= 0.6 is 0 Å². The Labute approximate surface area is 64.4 Å². The van der Waals surface area contributed by atoms with Gasteiger partial charge in [0.05, 0.1) is 0 Å². The summed E-state index contributed by atoms with van der Waals surface area (Å²) >= 11 is 0. The molecule has 0 radical (unpaired) electrons. The Bertz CT molecular complexity index is 166. The average molecular weight is 184 g/mol. The maximum absolute atomic E-state index is 11.8. The van der Waals surface area contributed by atoms with Gasteiger partial charge < -0.3 is 4.80 Å². The number of hydrogen-bond donors (Lipinski definition) is 1. The summed E-state index contributed by atoms with van der Waals surface area (Å²) in [5, 5.41) is 0. The van der Waals surface area contributed by atoms with E-state index in [0.717, 1.165) is 0 Å². The van der Waals surface area contributed by atoms with Gasteiger partial charge in [-0.1, -0.05) is 6.92 Å². The zero-order valence-corrected chi connectivity index (χ0v) is 7.44. The van der Waals surface area contributed by atoms with Crippen molar-refractivity contribution in [2.24, 2.45) is 0 Å².